The molecule has 0 aromatic heterocycles. The number of hydrogen-bond acceptors (Lipinski definition) is 2. The number of rotatable bonds is 3. The lowest BCUT2D eigenvalue weighted by molar-refractivity contribution is 0.0389. The van der Waals surface area contributed by atoms with Crippen molar-refractivity contribution in [3.63, 3.8) is 0 Å². The van der Waals surface area contributed by atoms with Crippen LogP contribution >= 0.6 is 23.2 Å². The lowest BCUT2D eigenvalue weighted by atomic mass is 9.84. The molecular weight excluding hydrogens is 257 g/mol. The lowest BCUT2D eigenvalue weighted by Gasteiger charge is -2.37. The molecule has 1 aromatic carbocycles. The highest BCUT2D eigenvalue weighted by atomic mass is 35.5. The van der Waals surface area contributed by atoms with Gasteiger partial charge in [-0.3, -0.25) is 0 Å². The van der Waals surface area contributed by atoms with Gasteiger partial charge < -0.3 is 10.5 Å². The summed E-state index contributed by atoms with van der Waals surface area (Å²) in [6, 6.07) is 5.39. The molecule has 0 aliphatic heterocycles. The van der Waals surface area contributed by atoms with E-state index in [0.717, 1.165) is 25.7 Å². The highest BCUT2D eigenvalue weighted by Gasteiger charge is 2.33. The fraction of sp³-hybridized carbons (Fsp3) is 0.538. The van der Waals surface area contributed by atoms with E-state index in [9.17, 15) is 0 Å². The minimum atomic E-state index is -0.285. The Morgan fingerprint density at radius 3 is 2.24 bits per heavy atom. The molecule has 17 heavy (non-hydrogen) atoms. The predicted molar refractivity (Wildman–Crippen MR) is 72.0 cm³/mol. The van der Waals surface area contributed by atoms with Gasteiger partial charge in [0.2, 0.25) is 0 Å². The van der Waals surface area contributed by atoms with Crippen molar-refractivity contribution in [2.75, 3.05) is 6.54 Å². The minimum Gasteiger partial charge on any atom is -0.483 e. The molecule has 2 nitrogen and oxygen atoms in total. The smallest absolute Gasteiger partial charge is 0.157 e. The van der Waals surface area contributed by atoms with Crippen LogP contribution in [0.2, 0.25) is 10.0 Å². The van der Waals surface area contributed by atoms with Gasteiger partial charge >= 0.3 is 0 Å². The van der Waals surface area contributed by atoms with Gasteiger partial charge in [0.15, 0.2) is 5.75 Å². The third-order valence-corrected chi connectivity index (χ3v) is 3.97. The van der Waals surface area contributed by atoms with Crippen molar-refractivity contribution in [3.8, 4) is 5.75 Å². The lowest BCUT2D eigenvalue weighted by Crippen LogP contribution is -2.45. The van der Waals surface area contributed by atoms with Gasteiger partial charge in [-0.1, -0.05) is 35.7 Å². The summed E-state index contributed by atoms with van der Waals surface area (Å²) in [6.45, 7) is 0.508. The Bertz CT molecular complexity index is 369. The predicted octanol–water partition coefficient (Wildman–Crippen LogP) is 4.03. The molecule has 2 rings (SSSR count). The van der Waals surface area contributed by atoms with Gasteiger partial charge in [0.05, 0.1) is 10.0 Å². The van der Waals surface area contributed by atoms with Crippen LogP contribution in [0.1, 0.15) is 32.1 Å². The summed E-state index contributed by atoms with van der Waals surface area (Å²) in [7, 11) is 0. The number of benzene rings is 1. The van der Waals surface area contributed by atoms with Gasteiger partial charge in [0.1, 0.15) is 5.60 Å². The second-order valence-corrected chi connectivity index (χ2v) is 5.42. The van der Waals surface area contributed by atoms with E-state index < -0.39 is 0 Å². The minimum absolute atomic E-state index is 0.285. The number of ether oxygens (including phenoxy) is 1. The zero-order valence-corrected chi connectivity index (χ0v) is 11.2. The average molecular weight is 274 g/mol. The average Bonchev–Trinajstić information content (AvgIpc) is 2.35. The Morgan fingerprint density at radius 1 is 1.12 bits per heavy atom. The van der Waals surface area contributed by atoms with Gasteiger partial charge in [-0.2, -0.15) is 0 Å². The third-order valence-electron chi connectivity index (χ3n) is 3.37. The third kappa shape index (κ3) is 2.87. The summed E-state index contributed by atoms with van der Waals surface area (Å²) in [5, 5.41) is 1.10. The molecule has 0 amide bonds. The molecule has 0 heterocycles. The van der Waals surface area contributed by atoms with E-state index in [1.54, 1.807) is 12.1 Å². The van der Waals surface area contributed by atoms with Crippen molar-refractivity contribution in [1.29, 1.82) is 0 Å². The van der Waals surface area contributed by atoms with E-state index >= 15 is 0 Å². The molecule has 4 heteroatoms. The molecule has 0 bridgehead atoms. The molecule has 94 valence electrons. The fourth-order valence-corrected chi connectivity index (χ4v) is 2.82. The first-order valence-electron chi connectivity index (χ1n) is 6.00. The Morgan fingerprint density at radius 2 is 1.71 bits per heavy atom. The Labute approximate surface area is 112 Å². The van der Waals surface area contributed by atoms with E-state index in [1.807, 2.05) is 6.07 Å². The number of hydrogen-bond donors (Lipinski definition) is 1. The van der Waals surface area contributed by atoms with Crippen molar-refractivity contribution in [3.05, 3.63) is 28.2 Å². The Balaban J connectivity index is 2.23. The first-order valence-corrected chi connectivity index (χ1v) is 6.76. The van der Waals surface area contributed by atoms with Crippen LogP contribution in [0, 0.1) is 0 Å². The highest BCUT2D eigenvalue weighted by molar-refractivity contribution is 6.37. The standard InChI is InChI=1S/C13H17Cl2NO/c14-10-5-4-6-11(15)12(10)17-13(9-16)7-2-1-3-8-13/h4-6H,1-3,7-9,16H2. The van der Waals surface area contributed by atoms with Crippen molar-refractivity contribution in [2.24, 2.45) is 5.73 Å². The molecule has 1 aliphatic carbocycles. The van der Waals surface area contributed by atoms with Crippen molar-refractivity contribution >= 4 is 23.2 Å². The Hall–Kier alpha value is -0.440. The van der Waals surface area contributed by atoms with Gasteiger partial charge in [-0.15, -0.1) is 0 Å². The molecule has 1 saturated carbocycles. The Kier molecular flexibility index (Phi) is 4.18. The van der Waals surface area contributed by atoms with Crippen LogP contribution in [0.3, 0.4) is 0 Å². The molecule has 0 spiro atoms. The second kappa shape index (κ2) is 5.47. The van der Waals surface area contributed by atoms with Gasteiger partial charge in [0, 0.05) is 6.54 Å². The van der Waals surface area contributed by atoms with Crippen LogP contribution in [-0.4, -0.2) is 12.1 Å². The number of halogens is 2. The molecule has 2 N–H and O–H groups in total. The second-order valence-electron chi connectivity index (χ2n) is 4.60. The van der Waals surface area contributed by atoms with Crippen LogP contribution < -0.4 is 10.5 Å². The van der Waals surface area contributed by atoms with Crippen LogP contribution in [0.25, 0.3) is 0 Å². The number of para-hydroxylation sites is 1. The van der Waals surface area contributed by atoms with Crippen LogP contribution in [-0.2, 0) is 0 Å². The maximum atomic E-state index is 6.12. The monoisotopic (exact) mass is 273 g/mol. The van der Waals surface area contributed by atoms with E-state index in [2.05, 4.69) is 0 Å². The largest absolute Gasteiger partial charge is 0.483 e. The summed E-state index contributed by atoms with van der Waals surface area (Å²) < 4.78 is 6.06. The molecule has 1 aromatic rings. The zero-order valence-electron chi connectivity index (χ0n) is 9.72. The number of nitrogens with two attached hydrogens (primary N) is 1. The van der Waals surface area contributed by atoms with E-state index in [4.69, 9.17) is 33.7 Å². The SMILES string of the molecule is NCC1(Oc2c(Cl)cccc2Cl)CCCCC1. The fourth-order valence-electron chi connectivity index (χ4n) is 2.34. The maximum Gasteiger partial charge on any atom is 0.157 e. The zero-order chi connectivity index (χ0) is 12.3. The van der Waals surface area contributed by atoms with Gasteiger partial charge in [-0.25, -0.2) is 0 Å². The molecule has 1 fully saturated rings. The normalized spacial score (nSPS) is 19.0. The molecule has 0 radical (unpaired) electrons. The van der Waals surface area contributed by atoms with E-state index in [-0.39, 0.29) is 5.60 Å². The quantitative estimate of drug-likeness (QED) is 0.903. The van der Waals surface area contributed by atoms with Gasteiger partial charge in [-0.05, 0) is 37.8 Å². The molecule has 0 unspecified atom stereocenters. The van der Waals surface area contributed by atoms with E-state index in [0.29, 0.717) is 22.3 Å². The molecule has 0 atom stereocenters. The molecular formula is C13H17Cl2NO. The van der Waals surface area contributed by atoms with Crippen molar-refractivity contribution in [1.82, 2.24) is 0 Å². The molecule has 0 saturated heterocycles. The van der Waals surface area contributed by atoms with Crippen molar-refractivity contribution in [2.45, 2.75) is 37.7 Å². The molecule has 1 aliphatic rings. The summed E-state index contributed by atoms with van der Waals surface area (Å²) in [6.07, 6.45) is 5.51. The summed E-state index contributed by atoms with van der Waals surface area (Å²) in [5.74, 6) is 0.572. The first-order chi connectivity index (χ1) is 8.17. The summed E-state index contributed by atoms with van der Waals surface area (Å²) in [5.41, 5.74) is 5.59. The highest BCUT2D eigenvalue weighted by Crippen LogP contribution is 2.39. The van der Waals surface area contributed by atoms with Crippen LogP contribution in [0.5, 0.6) is 5.75 Å². The van der Waals surface area contributed by atoms with Crippen molar-refractivity contribution < 1.29 is 4.74 Å². The van der Waals surface area contributed by atoms with Crippen LogP contribution in [0.15, 0.2) is 18.2 Å². The maximum absolute atomic E-state index is 6.12. The summed E-state index contributed by atoms with van der Waals surface area (Å²) >= 11 is 12.2. The van der Waals surface area contributed by atoms with Crippen LogP contribution in [0.4, 0.5) is 0 Å². The van der Waals surface area contributed by atoms with E-state index in [1.165, 1.54) is 6.42 Å². The summed E-state index contributed by atoms with van der Waals surface area (Å²) in [4.78, 5) is 0. The topological polar surface area (TPSA) is 35.2 Å². The van der Waals surface area contributed by atoms with Gasteiger partial charge in [0.25, 0.3) is 0 Å². The first kappa shape index (κ1) is 13.0.